The van der Waals surface area contributed by atoms with Crippen molar-refractivity contribution in [2.45, 2.75) is 38.7 Å². The van der Waals surface area contributed by atoms with Crippen LogP contribution >= 0.6 is 0 Å². The van der Waals surface area contributed by atoms with Gasteiger partial charge in [0, 0.05) is 0 Å². The molecule has 0 aliphatic rings. The first kappa shape index (κ1) is 20.4. The molecule has 0 aromatic heterocycles. The van der Waals surface area contributed by atoms with E-state index in [0.717, 1.165) is 23.1 Å². The fraction of sp³-hybridized carbons (Fsp3) is 0.304. The van der Waals surface area contributed by atoms with Crippen molar-refractivity contribution in [2.75, 3.05) is 0 Å². The van der Waals surface area contributed by atoms with Crippen molar-refractivity contribution in [3.63, 3.8) is 0 Å². The molecule has 0 spiro atoms. The van der Waals surface area contributed by atoms with Gasteiger partial charge >= 0.3 is 11.9 Å². The molecule has 142 valence electrons. The van der Waals surface area contributed by atoms with Crippen LogP contribution in [0.25, 0.3) is 6.08 Å². The van der Waals surface area contributed by atoms with Gasteiger partial charge in [-0.15, -0.1) is 0 Å². The third-order valence-electron chi connectivity index (χ3n) is 4.47. The number of carboxylic acids is 1. The lowest BCUT2D eigenvalue weighted by atomic mass is 9.96. The Kier molecular flexibility index (Phi) is 6.94. The van der Waals surface area contributed by atoms with Crippen LogP contribution in [0.2, 0.25) is 0 Å². The highest BCUT2D eigenvalue weighted by Gasteiger charge is 2.33. The highest BCUT2D eigenvalue weighted by molar-refractivity contribution is 5.94. The van der Waals surface area contributed by atoms with Gasteiger partial charge in [-0.3, -0.25) is 9.59 Å². The normalized spacial score (nSPS) is 12.2. The fourth-order valence-electron chi connectivity index (χ4n) is 2.78. The fourth-order valence-corrected chi connectivity index (χ4v) is 2.78. The van der Waals surface area contributed by atoms with Crippen LogP contribution in [0.15, 0.2) is 61.2 Å². The van der Waals surface area contributed by atoms with Gasteiger partial charge in [0.1, 0.15) is 5.60 Å². The number of aliphatic carboxylic acids is 1. The number of aryl methyl sites for hydroxylation is 1. The van der Waals surface area contributed by atoms with E-state index >= 15 is 0 Å². The van der Waals surface area contributed by atoms with E-state index in [-0.39, 0.29) is 6.42 Å². The van der Waals surface area contributed by atoms with Gasteiger partial charge in [-0.25, -0.2) is 0 Å². The Hall–Kier alpha value is -2.88. The SMILES string of the molecule is C=Cc1ccc(CC(C(=O)O)C(=O)OC(C)(C)CCc2ccccc2)cc1. The van der Waals surface area contributed by atoms with Gasteiger partial charge in [0.2, 0.25) is 0 Å². The molecule has 2 rings (SSSR count). The molecule has 0 aliphatic carbocycles. The average Bonchev–Trinajstić information content (AvgIpc) is 2.65. The molecule has 0 heterocycles. The van der Waals surface area contributed by atoms with Crippen molar-refractivity contribution < 1.29 is 19.4 Å². The van der Waals surface area contributed by atoms with Crippen molar-refractivity contribution in [2.24, 2.45) is 5.92 Å². The first-order valence-electron chi connectivity index (χ1n) is 9.02. The summed E-state index contributed by atoms with van der Waals surface area (Å²) in [6, 6.07) is 17.2. The van der Waals surface area contributed by atoms with E-state index < -0.39 is 23.5 Å². The Bertz CT molecular complexity index is 776. The largest absolute Gasteiger partial charge is 0.481 e. The second-order valence-corrected chi connectivity index (χ2v) is 7.21. The number of carboxylic acid groups (broad SMARTS) is 1. The van der Waals surface area contributed by atoms with Crippen molar-refractivity contribution in [1.82, 2.24) is 0 Å². The Balaban J connectivity index is 1.99. The maximum absolute atomic E-state index is 12.5. The van der Waals surface area contributed by atoms with Gasteiger partial charge in [0.25, 0.3) is 0 Å². The molecule has 0 fully saturated rings. The molecule has 4 nitrogen and oxygen atoms in total. The van der Waals surface area contributed by atoms with Crippen LogP contribution < -0.4 is 0 Å². The van der Waals surface area contributed by atoms with Crippen LogP contribution in [-0.4, -0.2) is 22.6 Å². The molecule has 0 saturated heterocycles. The van der Waals surface area contributed by atoms with Crippen LogP contribution in [-0.2, 0) is 27.2 Å². The molecule has 2 aromatic carbocycles. The zero-order valence-electron chi connectivity index (χ0n) is 15.9. The Morgan fingerprint density at radius 1 is 1.07 bits per heavy atom. The van der Waals surface area contributed by atoms with Crippen LogP contribution in [0.5, 0.6) is 0 Å². The second kappa shape index (κ2) is 9.17. The lowest BCUT2D eigenvalue weighted by molar-refractivity contribution is -0.168. The predicted octanol–water partition coefficient (Wildman–Crippen LogP) is 4.53. The van der Waals surface area contributed by atoms with E-state index in [2.05, 4.69) is 6.58 Å². The minimum Gasteiger partial charge on any atom is -0.481 e. The van der Waals surface area contributed by atoms with Gasteiger partial charge in [-0.05, 0) is 49.8 Å². The van der Waals surface area contributed by atoms with Gasteiger partial charge in [-0.2, -0.15) is 0 Å². The molecule has 0 aliphatic heterocycles. The Morgan fingerprint density at radius 2 is 1.70 bits per heavy atom. The van der Waals surface area contributed by atoms with Gasteiger partial charge in [0.15, 0.2) is 5.92 Å². The van der Waals surface area contributed by atoms with E-state index in [1.165, 1.54) is 0 Å². The summed E-state index contributed by atoms with van der Waals surface area (Å²) in [5.41, 5.74) is 2.12. The number of hydrogen-bond acceptors (Lipinski definition) is 3. The molecule has 0 saturated carbocycles. The number of rotatable bonds is 9. The van der Waals surface area contributed by atoms with E-state index in [9.17, 15) is 14.7 Å². The average molecular weight is 366 g/mol. The van der Waals surface area contributed by atoms with E-state index in [1.807, 2.05) is 56.3 Å². The molecule has 4 heteroatoms. The van der Waals surface area contributed by atoms with Crippen molar-refractivity contribution in [3.05, 3.63) is 77.9 Å². The molecule has 1 unspecified atom stereocenters. The summed E-state index contributed by atoms with van der Waals surface area (Å²) in [5, 5.41) is 9.49. The smallest absolute Gasteiger partial charge is 0.321 e. The predicted molar refractivity (Wildman–Crippen MR) is 106 cm³/mol. The van der Waals surface area contributed by atoms with Crippen LogP contribution in [0.1, 0.15) is 37.0 Å². The quantitative estimate of drug-likeness (QED) is 0.523. The maximum Gasteiger partial charge on any atom is 0.321 e. The molecule has 1 atom stereocenters. The molecule has 27 heavy (non-hydrogen) atoms. The molecular formula is C23H26O4. The first-order valence-corrected chi connectivity index (χ1v) is 9.02. The molecule has 1 N–H and O–H groups in total. The lowest BCUT2D eigenvalue weighted by Crippen LogP contribution is -2.36. The number of carbonyl (C=O) groups excluding carboxylic acids is 1. The summed E-state index contributed by atoms with van der Waals surface area (Å²) < 4.78 is 5.56. The van der Waals surface area contributed by atoms with Crippen LogP contribution in [0.3, 0.4) is 0 Å². The van der Waals surface area contributed by atoms with E-state index in [4.69, 9.17) is 4.74 Å². The molecule has 0 radical (unpaired) electrons. The van der Waals surface area contributed by atoms with Crippen molar-refractivity contribution >= 4 is 18.0 Å². The van der Waals surface area contributed by atoms with Crippen LogP contribution in [0.4, 0.5) is 0 Å². The molecule has 0 bridgehead atoms. The summed E-state index contributed by atoms with van der Waals surface area (Å²) >= 11 is 0. The number of benzene rings is 2. The summed E-state index contributed by atoms with van der Waals surface area (Å²) in [7, 11) is 0. The van der Waals surface area contributed by atoms with Crippen molar-refractivity contribution in [1.29, 1.82) is 0 Å². The molecule has 2 aromatic rings. The third kappa shape index (κ3) is 6.41. The lowest BCUT2D eigenvalue weighted by Gasteiger charge is -2.27. The van der Waals surface area contributed by atoms with Gasteiger partial charge in [0.05, 0.1) is 0 Å². The summed E-state index contributed by atoms with van der Waals surface area (Å²) in [6.45, 7) is 7.31. The van der Waals surface area contributed by atoms with Gasteiger partial charge < -0.3 is 9.84 Å². The summed E-state index contributed by atoms with van der Waals surface area (Å²) in [4.78, 5) is 24.1. The topological polar surface area (TPSA) is 63.6 Å². The summed E-state index contributed by atoms with van der Waals surface area (Å²) in [6.07, 6.45) is 3.17. The standard InChI is InChI=1S/C23H26O4/c1-4-17-10-12-19(13-11-17)16-20(21(24)25)22(26)27-23(2,3)15-14-18-8-6-5-7-9-18/h4-13,20H,1,14-16H2,2-3H3,(H,24,25). The number of ether oxygens (including phenoxy) is 1. The first-order chi connectivity index (χ1) is 12.8. The van der Waals surface area contributed by atoms with E-state index in [0.29, 0.717) is 6.42 Å². The minimum atomic E-state index is -1.23. The second-order valence-electron chi connectivity index (χ2n) is 7.21. The molecular weight excluding hydrogens is 340 g/mol. The van der Waals surface area contributed by atoms with Gasteiger partial charge in [-0.1, -0.05) is 67.3 Å². The monoisotopic (exact) mass is 366 g/mol. The Labute approximate surface area is 160 Å². The van der Waals surface area contributed by atoms with E-state index in [1.54, 1.807) is 18.2 Å². The number of carbonyl (C=O) groups is 2. The maximum atomic E-state index is 12.5. The highest BCUT2D eigenvalue weighted by Crippen LogP contribution is 2.22. The van der Waals surface area contributed by atoms with Crippen molar-refractivity contribution in [3.8, 4) is 0 Å². The zero-order chi connectivity index (χ0) is 19.9. The zero-order valence-corrected chi connectivity index (χ0v) is 15.9. The number of hydrogen-bond donors (Lipinski definition) is 1. The third-order valence-corrected chi connectivity index (χ3v) is 4.47. The highest BCUT2D eigenvalue weighted by atomic mass is 16.6. The summed E-state index contributed by atoms with van der Waals surface area (Å²) in [5.74, 6) is -3.10. The molecule has 0 amide bonds. The Morgan fingerprint density at radius 3 is 2.26 bits per heavy atom. The minimum absolute atomic E-state index is 0.0976. The van der Waals surface area contributed by atoms with Crippen LogP contribution in [0, 0.1) is 5.92 Å². The number of esters is 1.